The van der Waals surface area contributed by atoms with Crippen LogP contribution in [0.5, 0.6) is 0 Å². The zero-order valence-corrected chi connectivity index (χ0v) is 9.95. The van der Waals surface area contributed by atoms with Gasteiger partial charge in [0.1, 0.15) is 0 Å². The van der Waals surface area contributed by atoms with E-state index in [9.17, 15) is 4.79 Å². The first kappa shape index (κ1) is 10.6. The highest BCUT2D eigenvalue weighted by Gasteiger charge is 2.43. The van der Waals surface area contributed by atoms with Crippen LogP contribution in [0.4, 0.5) is 5.69 Å². The summed E-state index contributed by atoms with van der Waals surface area (Å²) in [5.41, 5.74) is 0.816. The molecule has 0 radical (unpaired) electrons. The van der Waals surface area contributed by atoms with Crippen LogP contribution in [0.25, 0.3) is 0 Å². The molecule has 0 aromatic heterocycles. The summed E-state index contributed by atoms with van der Waals surface area (Å²) in [4.78, 5) is 11.6. The van der Waals surface area contributed by atoms with E-state index in [2.05, 4.69) is 21.2 Å². The summed E-state index contributed by atoms with van der Waals surface area (Å²) in [6.45, 7) is 0. The minimum atomic E-state index is 0.0222. The molecular weight excluding hydrogens is 258 g/mol. The van der Waals surface area contributed by atoms with Gasteiger partial charge in [-0.2, -0.15) is 0 Å². The van der Waals surface area contributed by atoms with Crippen molar-refractivity contribution in [3.05, 3.63) is 28.7 Å². The maximum absolute atomic E-state index is 11.6. The van der Waals surface area contributed by atoms with Gasteiger partial charge in [-0.05, 0) is 24.6 Å². The maximum atomic E-state index is 11.6. The first-order valence-electron chi connectivity index (χ1n) is 4.80. The van der Waals surface area contributed by atoms with Gasteiger partial charge in [-0.15, -0.1) is 0 Å². The highest BCUT2D eigenvalue weighted by Crippen LogP contribution is 2.34. The Kier molecular flexibility index (Phi) is 3.07. The lowest BCUT2D eigenvalue weighted by molar-refractivity contribution is -0.118. The number of hydrogen-bond acceptors (Lipinski definition) is 2. The van der Waals surface area contributed by atoms with Crippen molar-refractivity contribution in [2.24, 2.45) is 5.92 Å². The highest BCUT2D eigenvalue weighted by molar-refractivity contribution is 9.10. The van der Waals surface area contributed by atoms with Gasteiger partial charge in [-0.1, -0.05) is 22.0 Å². The Morgan fingerprint density at radius 1 is 1.60 bits per heavy atom. The normalized spacial score (nSPS) is 23.6. The number of carbonyl (C=O) groups is 1. The fourth-order valence-electron chi connectivity index (χ4n) is 1.51. The van der Waals surface area contributed by atoms with E-state index in [1.165, 1.54) is 0 Å². The smallest absolute Gasteiger partial charge is 0.230 e. The fourth-order valence-corrected chi connectivity index (χ4v) is 1.91. The number of amides is 1. The standard InChI is InChI=1S/C11H12BrNO2/c1-15-10-6-9(10)11(14)13-8-4-2-3-7(12)5-8/h2-5,9-10H,6H2,1H3,(H,13,14). The number of anilines is 1. The monoisotopic (exact) mass is 269 g/mol. The largest absolute Gasteiger partial charge is 0.381 e. The van der Waals surface area contributed by atoms with Crippen LogP contribution in [-0.2, 0) is 9.53 Å². The molecule has 1 amide bonds. The van der Waals surface area contributed by atoms with E-state index < -0.39 is 0 Å². The molecule has 1 N–H and O–H groups in total. The average Bonchev–Trinajstić information content (AvgIpc) is 2.96. The zero-order valence-electron chi connectivity index (χ0n) is 8.37. The summed E-state index contributed by atoms with van der Waals surface area (Å²) < 4.78 is 6.04. The number of halogens is 1. The predicted octanol–water partition coefficient (Wildman–Crippen LogP) is 2.42. The molecular formula is C11H12BrNO2. The Bertz CT molecular complexity index is 381. The van der Waals surface area contributed by atoms with Crippen molar-refractivity contribution in [1.82, 2.24) is 0 Å². The van der Waals surface area contributed by atoms with Crippen molar-refractivity contribution in [2.75, 3.05) is 12.4 Å². The average molecular weight is 270 g/mol. The number of carbonyl (C=O) groups excluding carboxylic acids is 1. The highest BCUT2D eigenvalue weighted by atomic mass is 79.9. The Labute approximate surface area is 96.9 Å². The van der Waals surface area contributed by atoms with E-state index in [0.29, 0.717) is 0 Å². The Morgan fingerprint density at radius 2 is 2.40 bits per heavy atom. The lowest BCUT2D eigenvalue weighted by atomic mass is 10.3. The van der Waals surface area contributed by atoms with Crippen LogP contribution in [0.2, 0.25) is 0 Å². The SMILES string of the molecule is COC1CC1C(=O)Nc1cccc(Br)c1. The number of methoxy groups -OCH3 is 1. The molecule has 3 nitrogen and oxygen atoms in total. The Hall–Kier alpha value is -0.870. The van der Waals surface area contributed by atoms with Crippen molar-refractivity contribution in [2.45, 2.75) is 12.5 Å². The van der Waals surface area contributed by atoms with Gasteiger partial charge in [0, 0.05) is 17.3 Å². The van der Waals surface area contributed by atoms with Gasteiger partial charge in [-0.3, -0.25) is 4.79 Å². The number of hydrogen-bond donors (Lipinski definition) is 1. The van der Waals surface area contributed by atoms with Gasteiger partial charge in [0.2, 0.25) is 5.91 Å². The second-order valence-corrected chi connectivity index (χ2v) is 4.53. The maximum Gasteiger partial charge on any atom is 0.230 e. The molecule has 0 aliphatic heterocycles. The minimum Gasteiger partial charge on any atom is -0.381 e. The summed E-state index contributed by atoms with van der Waals surface area (Å²) in [6, 6.07) is 7.56. The molecule has 0 spiro atoms. The molecule has 80 valence electrons. The van der Waals surface area contributed by atoms with E-state index in [1.54, 1.807) is 7.11 Å². The van der Waals surface area contributed by atoms with E-state index in [0.717, 1.165) is 16.6 Å². The van der Waals surface area contributed by atoms with Gasteiger partial charge in [0.25, 0.3) is 0 Å². The number of ether oxygens (including phenoxy) is 1. The van der Waals surface area contributed by atoms with Crippen LogP contribution in [0, 0.1) is 5.92 Å². The second kappa shape index (κ2) is 4.33. The number of rotatable bonds is 3. The summed E-state index contributed by atoms with van der Waals surface area (Å²) in [5, 5.41) is 2.86. The van der Waals surface area contributed by atoms with Gasteiger partial charge in [0.15, 0.2) is 0 Å². The molecule has 1 aliphatic carbocycles. The van der Waals surface area contributed by atoms with Gasteiger partial charge in [0.05, 0.1) is 12.0 Å². The third kappa shape index (κ3) is 2.58. The van der Waals surface area contributed by atoms with Crippen molar-refractivity contribution >= 4 is 27.5 Å². The lowest BCUT2D eigenvalue weighted by Gasteiger charge is -2.04. The second-order valence-electron chi connectivity index (χ2n) is 3.62. The lowest BCUT2D eigenvalue weighted by Crippen LogP contribution is -2.16. The molecule has 2 atom stereocenters. The third-order valence-electron chi connectivity index (χ3n) is 2.46. The van der Waals surface area contributed by atoms with E-state index >= 15 is 0 Å². The zero-order chi connectivity index (χ0) is 10.8. The molecule has 1 aromatic rings. The van der Waals surface area contributed by atoms with Crippen LogP contribution in [0.15, 0.2) is 28.7 Å². The number of nitrogens with one attached hydrogen (secondary N) is 1. The topological polar surface area (TPSA) is 38.3 Å². The summed E-state index contributed by atoms with van der Waals surface area (Å²) in [5.74, 6) is 0.0638. The third-order valence-corrected chi connectivity index (χ3v) is 2.96. The number of benzene rings is 1. The van der Waals surface area contributed by atoms with Gasteiger partial charge >= 0.3 is 0 Å². The molecule has 0 saturated heterocycles. The predicted molar refractivity (Wildman–Crippen MR) is 61.7 cm³/mol. The van der Waals surface area contributed by atoms with Crippen LogP contribution >= 0.6 is 15.9 Å². The molecule has 2 unspecified atom stereocenters. The Balaban J connectivity index is 1.95. The summed E-state index contributed by atoms with van der Waals surface area (Å²) >= 11 is 3.35. The van der Waals surface area contributed by atoms with Gasteiger partial charge in [-0.25, -0.2) is 0 Å². The Morgan fingerprint density at radius 3 is 3.00 bits per heavy atom. The quantitative estimate of drug-likeness (QED) is 0.916. The molecule has 4 heteroatoms. The molecule has 1 fully saturated rings. The van der Waals surface area contributed by atoms with Crippen LogP contribution in [0.3, 0.4) is 0 Å². The summed E-state index contributed by atoms with van der Waals surface area (Å²) in [6.07, 6.45) is 0.938. The molecule has 1 saturated carbocycles. The van der Waals surface area contributed by atoms with E-state index in [-0.39, 0.29) is 17.9 Å². The van der Waals surface area contributed by atoms with Crippen molar-refractivity contribution in [1.29, 1.82) is 0 Å². The van der Waals surface area contributed by atoms with Gasteiger partial charge < -0.3 is 10.1 Å². The van der Waals surface area contributed by atoms with Crippen molar-refractivity contribution in [3.8, 4) is 0 Å². The first-order valence-corrected chi connectivity index (χ1v) is 5.59. The molecule has 0 heterocycles. The van der Waals surface area contributed by atoms with E-state index in [1.807, 2.05) is 24.3 Å². The van der Waals surface area contributed by atoms with Crippen molar-refractivity contribution in [3.63, 3.8) is 0 Å². The minimum absolute atomic E-state index is 0.0222. The molecule has 2 rings (SSSR count). The van der Waals surface area contributed by atoms with Crippen LogP contribution in [0.1, 0.15) is 6.42 Å². The van der Waals surface area contributed by atoms with Crippen LogP contribution in [-0.4, -0.2) is 19.1 Å². The molecule has 1 aromatic carbocycles. The first-order chi connectivity index (χ1) is 7.20. The van der Waals surface area contributed by atoms with Crippen molar-refractivity contribution < 1.29 is 9.53 Å². The summed E-state index contributed by atoms with van der Waals surface area (Å²) in [7, 11) is 1.64. The fraction of sp³-hybridized carbons (Fsp3) is 0.364. The van der Waals surface area contributed by atoms with Crippen LogP contribution < -0.4 is 5.32 Å². The molecule has 0 bridgehead atoms. The molecule has 15 heavy (non-hydrogen) atoms. The van der Waals surface area contributed by atoms with E-state index in [4.69, 9.17) is 4.74 Å². The molecule has 1 aliphatic rings.